The molecule has 0 aliphatic heterocycles. The molecule has 0 bridgehead atoms. The first kappa shape index (κ1) is 12.9. The number of hydrogen-bond donors (Lipinski definition) is 0. The summed E-state index contributed by atoms with van der Waals surface area (Å²) in [4.78, 5) is 12.5. The van der Waals surface area contributed by atoms with Crippen molar-refractivity contribution in [3.8, 4) is 0 Å². The van der Waals surface area contributed by atoms with Gasteiger partial charge >= 0.3 is 0 Å². The first-order valence-corrected chi connectivity index (χ1v) is 5.20. The van der Waals surface area contributed by atoms with Crippen LogP contribution in [0.3, 0.4) is 0 Å². The maximum atomic E-state index is 10.8. The lowest BCUT2D eigenvalue weighted by molar-refractivity contribution is -0.127. The third kappa shape index (κ3) is 7.59. The smallest absolute Gasteiger partial charge is 0.219 e. The predicted molar refractivity (Wildman–Crippen MR) is 61.1 cm³/mol. The molecule has 0 spiro atoms. The standard InChI is InChI=1S/C12H21NO/c1-4-5-6-7-8-9-10-11-13(3)12(2)14/h5-6,9-10H,4,7-8,11H2,1-3H3/b6-5-,10-9-. The fraction of sp³-hybridized carbons (Fsp3) is 0.583. The molecule has 14 heavy (non-hydrogen) atoms. The number of allylic oxidation sites excluding steroid dienone is 3. The van der Waals surface area contributed by atoms with Crippen LogP contribution < -0.4 is 0 Å². The highest BCUT2D eigenvalue weighted by molar-refractivity contribution is 5.72. The Morgan fingerprint density at radius 1 is 1.14 bits per heavy atom. The minimum atomic E-state index is 0.112. The zero-order valence-electron chi connectivity index (χ0n) is 9.49. The summed E-state index contributed by atoms with van der Waals surface area (Å²) in [7, 11) is 1.81. The molecule has 0 aromatic heterocycles. The minimum Gasteiger partial charge on any atom is -0.342 e. The van der Waals surface area contributed by atoms with Crippen molar-refractivity contribution in [1.29, 1.82) is 0 Å². The Morgan fingerprint density at radius 2 is 1.71 bits per heavy atom. The van der Waals surface area contributed by atoms with Gasteiger partial charge in [0.1, 0.15) is 0 Å². The van der Waals surface area contributed by atoms with Crippen molar-refractivity contribution < 1.29 is 4.79 Å². The molecule has 0 saturated heterocycles. The van der Waals surface area contributed by atoms with Crippen molar-refractivity contribution in [2.24, 2.45) is 0 Å². The van der Waals surface area contributed by atoms with Crippen molar-refractivity contribution in [2.45, 2.75) is 33.1 Å². The largest absolute Gasteiger partial charge is 0.342 e. The lowest BCUT2D eigenvalue weighted by Crippen LogP contribution is -2.23. The van der Waals surface area contributed by atoms with Gasteiger partial charge in [-0.05, 0) is 19.3 Å². The summed E-state index contributed by atoms with van der Waals surface area (Å²) in [6.07, 6.45) is 11.8. The van der Waals surface area contributed by atoms with Gasteiger partial charge in [0.25, 0.3) is 0 Å². The van der Waals surface area contributed by atoms with Gasteiger partial charge in [0, 0.05) is 20.5 Å². The Morgan fingerprint density at radius 3 is 2.21 bits per heavy atom. The zero-order chi connectivity index (χ0) is 10.8. The fourth-order valence-electron chi connectivity index (χ4n) is 0.956. The molecule has 0 N–H and O–H groups in total. The van der Waals surface area contributed by atoms with E-state index >= 15 is 0 Å². The summed E-state index contributed by atoms with van der Waals surface area (Å²) in [6.45, 7) is 4.43. The summed E-state index contributed by atoms with van der Waals surface area (Å²) in [6, 6.07) is 0. The molecule has 0 rings (SSSR count). The van der Waals surface area contributed by atoms with E-state index in [-0.39, 0.29) is 5.91 Å². The van der Waals surface area contributed by atoms with E-state index in [1.165, 1.54) is 0 Å². The molecule has 0 fully saturated rings. The molecular weight excluding hydrogens is 174 g/mol. The molecule has 0 atom stereocenters. The minimum absolute atomic E-state index is 0.112. The second-order valence-electron chi connectivity index (χ2n) is 3.33. The van der Waals surface area contributed by atoms with Crippen LogP contribution in [0, 0.1) is 0 Å². The van der Waals surface area contributed by atoms with Gasteiger partial charge in [-0.2, -0.15) is 0 Å². The topological polar surface area (TPSA) is 20.3 Å². The van der Waals surface area contributed by atoms with Crippen molar-refractivity contribution in [1.82, 2.24) is 4.90 Å². The Hall–Kier alpha value is -1.05. The Balaban J connectivity index is 3.45. The molecular formula is C12H21NO. The van der Waals surface area contributed by atoms with E-state index in [4.69, 9.17) is 0 Å². The highest BCUT2D eigenvalue weighted by Crippen LogP contribution is 1.94. The van der Waals surface area contributed by atoms with Crippen LogP contribution in [0.1, 0.15) is 33.1 Å². The van der Waals surface area contributed by atoms with Gasteiger partial charge in [-0.1, -0.05) is 31.2 Å². The molecule has 2 nitrogen and oxygen atoms in total. The van der Waals surface area contributed by atoms with Crippen LogP contribution >= 0.6 is 0 Å². The van der Waals surface area contributed by atoms with Crippen LogP contribution in [0.5, 0.6) is 0 Å². The van der Waals surface area contributed by atoms with E-state index in [0.717, 1.165) is 19.3 Å². The van der Waals surface area contributed by atoms with Crippen LogP contribution in [-0.2, 0) is 4.79 Å². The van der Waals surface area contributed by atoms with Crippen LogP contribution in [0.15, 0.2) is 24.3 Å². The first-order chi connectivity index (χ1) is 6.68. The molecule has 1 amide bonds. The van der Waals surface area contributed by atoms with Crippen molar-refractivity contribution in [3.05, 3.63) is 24.3 Å². The SMILES string of the molecule is CC/C=C\CC/C=C\CN(C)C(C)=O. The van der Waals surface area contributed by atoms with Crippen LogP contribution in [0.2, 0.25) is 0 Å². The molecule has 80 valence electrons. The van der Waals surface area contributed by atoms with Crippen LogP contribution in [0.4, 0.5) is 0 Å². The highest BCUT2D eigenvalue weighted by atomic mass is 16.2. The highest BCUT2D eigenvalue weighted by Gasteiger charge is 1.96. The molecule has 0 aromatic carbocycles. The van der Waals surface area contributed by atoms with Crippen molar-refractivity contribution in [2.75, 3.05) is 13.6 Å². The molecule has 0 aliphatic rings. The van der Waals surface area contributed by atoms with Crippen LogP contribution in [0.25, 0.3) is 0 Å². The number of amides is 1. The van der Waals surface area contributed by atoms with Crippen molar-refractivity contribution >= 4 is 5.91 Å². The average Bonchev–Trinajstić information content (AvgIpc) is 2.16. The second kappa shape index (κ2) is 8.54. The summed E-state index contributed by atoms with van der Waals surface area (Å²) in [5.74, 6) is 0.112. The Kier molecular flexibility index (Phi) is 7.90. The summed E-state index contributed by atoms with van der Waals surface area (Å²) < 4.78 is 0. The van der Waals surface area contributed by atoms with E-state index in [2.05, 4.69) is 25.2 Å². The number of hydrogen-bond acceptors (Lipinski definition) is 1. The molecule has 0 saturated carbocycles. The van der Waals surface area contributed by atoms with E-state index in [9.17, 15) is 4.79 Å². The quantitative estimate of drug-likeness (QED) is 0.471. The zero-order valence-corrected chi connectivity index (χ0v) is 9.49. The van der Waals surface area contributed by atoms with Gasteiger partial charge in [0.05, 0.1) is 0 Å². The summed E-state index contributed by atoms with van der Waals surface area (Å²) in [5.41, 5.74) is 0. The van der Waals surface area contributed by atoms with E-state index in [1.54, 1.807) is 11.8 Å². The number of rotatable bonds is 6. The molecule has 0 aromatic rings. The Labute approximate surface area is 87.3 Å². The number of carbonyl (C=O) groups excluding carboxylic acids is 1. The molecule has 0 radical (unpaired) electrons. The third-order valence-electron chi connectivity index (χ3n) is 1.99. The number of likely N-dealkylation sites (N-methyl/N-ethyl adjacent to an activating group) is 1. The normalized spacial score (nSPS) is 11.4. The molecule has 0 aliphatic carbocycles. The third-order valence-corrected chi connectivity index (χ3v) is 1.99. The molecule has 0 heterocycles. The van der Waals surface area contributed by atoms with Gasteiger partial charge in [-0.25, -0.2) is 0 Å². The number of carbonyl (C=O) groups is 1. The molecule has 2 heteroatoms. The van der Waals surface area contributed by atoms with Crippen molar-refractivity contribution in [3.63, 3.8) is 0 Å². The van der Waals surface area contributed by atoms with Gasteiger partial charge in [-0.3, -0.25) is 4.79 Å². The van der Waals surface area contributed by atoms with E-state index in [1.807, 2.05) is 13.1 Å². The maximum Gasteiger partial charge on any atom is 0.219 e. The number of unbranched alkanes of at least 4 members (excludes halogenated alkanes) is 1. The van der Waals surface area contributed by atoms with Gasteiger partial charge in [0.2, 0.25) is 5.91 Å². The monoisotopic (exact) mass is 195 g/mol. The average molecular weight is 195 g/mol. The Bertz CT molecular complexity index is 206. The fourth-order valence-corrected chi connectivity index (χ4v) is 0.956. The number of nitrogens with zero attached hydrogens (tertiary/aromatic N) is 1. The van der Waals surface area contributed by atoms with Gasteiger partial charge < -0.3 is 4.90 Å². The second-order valence-corrected chi connectivity index (χ2v) is 3.33. The van der Waals surface area contributed by atoms with Crippen LogP contribution in [-0.4, -0.2) is 24.4 Å². The lowest BCUT2D eigenvalue weighted by Gasteiger charge is -2.10. The maximum absolute atomic E-state index is 10.8. The van der Waals surface area contributed by atoms with E-state index < -0.39 is 0 Å². The van der Waals surface area contributed by atoms with E-state index in [0.29, 0.717) is 6.54 Å². The van der Waals surface area contributed by atoms with Gasteiger partial charge in [0.15, 0.2) is 0 Å². The lowest BCUT2D eigenvalue weighted by atomic mass is 10.2. The van der Waals surface area contributed by atoms with Gasteiger partial charge in [-0.15, -0.1) is 0 Å². The predicted octanol–water partition coefficient (Wildman–Crippen LogP) is 2.77. The summed E-state index contributed by atoms with van der Waals surface area (Å²) in [5, 5.41) is 0. The molecule has 0 unspecified atom stereocenters. The summed E-state index contributed by atoms with van der Waals surface area (Å²) >= 11 is 0. The first-order valence-electron chi connectivity index (χ1n) is 5.20.